The SMILES string of the molecule is CSc1ccc(Cn2ccc3ccccc32)cc1. The van der Waals surface area contributed by atoms with Crippen molar-refractivity contribution in [3.63, 3.8) is 0 Å². The first-order chi connectivity index (χ1) is 8.86. The molecule has 0 radical (unpaired) electrons. The molecule has 0 fully saturated rings. The largest absolute Gasteiger partial charge is 0.343 e. The van der Waals surface area contributed by atoms with Crippen LogP contribution in [-0.4, -0.2) is 10.8 Å². The molecule has 2 aromatic carbocycles. The van der Waals surface area contributed by atoms with Gasteiger partial charge in [-0.2, -0.15) is 0 Å². The van der Waals surface area contributed by atoms with Gasteiger partial charge in [0.05, 0.1) is 0 Å². The smallest absolute Gasteiger partial charge is 0.0483 e. The molecule has 0 aliphatic carbocycles. The van der Waals surface area contributed by atoms with Crippen molar-refractivity contribution in [2.24, 2.45) is 0 Å². The van der Waals surface area contributed by atoms with Gasteiger partial charge in [-0.3, -0.25) is 0 Å². The highest BCUT2D eigenvalue weighted by molar-refractivity contribution is 7.98. The van der Waals surface area contributed by atoms with Gasteiger partial charge < -0.3 is 4.57 Å². The Morgan fingerprint density at radius 3 is 2.50 bits per heavy atom. The number of fused-ring (bicyclic) bond motifs is 1. The Hall–Kier alpha value is -1.67. The fourth-order valence-electron chi connectivity index (χ4n) is 2.21. The Labute approximate surface area is 111 Å². The zero-order valence-electron chi connectivity index (χ0n) is 10.3. The maximum Gasteiger partial charge on any atom is 0.0483 e. The fraction of sp³-hybridized carbons (Fsp3) is 0.125. The van der Waals surface area contributed by atoms with Gasteiger partial charge in [0.2, 0.25) is 0 Å². The van der Waals surface area contributed by atoms with Gasteiger partial charge in [0.15, 0.2) is 0 Å². The summed E-state index contributed by atoms with van der Waals surface area (Å²) in [6.45, 7) is 0.933. The van der Waals surface area contributed by atoms with Crippen LogP contribution in [0.5, 0.6) is 0 Å². The van der Waals surface area contributed by atoms with E-state index in [1.54, 1.807) is 11.8 Å². The van der Waals surface area contributed by atoms with Crippen LogP contribution in [0.15, 0.2) is 65.7 Å². The second-order valence-electron chi connectivity index (χ2n) is 4.35. The van der Waals surface area contributed by atoms with Crippen LogP contribution < -0.4 is 0 Å². The van der Waals surface area contributed by atoms with E-state index < -0.39 is 0 Å². The molecule has 0 saturated carbocycles. The first kappa shape index (κ1) is 11.4. The van der Waals surface area contributed by atoms with Gasteiger partial charge in [0.25, 0.3) is 0 Å². The standard InChI is InChI=1S/C16H15NS/c1-18-15-8-6-13(7-9-15)12-17-11-10-14-4-2-3-5-16(14)17/h2-11H,12H2,1H3. The second kappa shape index (κ2) is 4.91. The van der Waals surface area contributed by atoms with Crippen molar-refractivity contribution in [1.29, 1.82) is 0 Å². The summed E-state index contributed by atoms with van der Waals surface area (Å²) in [6, 6.07) is 19.5. The fourth-order valence-corrected chi connectivity index (χ4v) is 2.61. The number of para-hydroxylation sites is 1. The van der Waals surface area contributed by atoms with Crippen molar-refractivity contribution < 1.29 is 0 Å². The molecule has 0 aliphatic heterocycles. The van der Waals surface area contributed by atoms with Gasteiger partial charge in [0.1, 0.15) is 0 Å². The minimum atomic E-state index is 0.933. The summed E-state index contributed by atoms with van der Waals surface area (Å²) < 4.78 is 2.30. The Morgan fingerprint density at radius 1 is 0.944 bits per heavy atom. The van der Waals surface area contributed by atoms with Gasteiger partial charge in [-0.15, -0.1) is 11.8 Å². The lowest BCUT2D eigenvalue weighted by atomic mass is 10.2. The van der Waals surface area contributed by atoms with E-state index in [4.69, 9.17) is 0 Å². The van der Waals surface area contributed by atoms with Crippen LogP contribution in [0.1, 0.15) is 5.56 Å². The second-order valence-corrected chi connectivity index (χ2v) is 5.23. The van der Waals surface area contributed by atoms with Crippen molar-refractivity contribution in [2.75, 3.05) is 6.26 Å². The summed E-state index contributed by atoms with van der Waals surface area (Å²) in [5.41, 5.74) is 2.64. The molecule has 2 heteroatoms. The highest BCUT2D eigenvalue weighted by atomic mass is 32.2. The van der Waals surface area contributed by atoms with Gasteiger partial charge >= 0.3 is 0 Å². The molecule has 0 atom stereocenters. The predicted molar refractivity (Wildman–Crippen MR) is 79.3 cm³/mol. The van der Waals surface area contributed by atoms with E-state index in [1.807, 2.05) is 0 Å². The Bertz CT molecular complexity index is 652. The van der Waals surface area contributed by atoms with E-state index in [0.717, 1.165) is 6.54 Å². The molecule has 0 amide bonds. The Kier molecular flexibility index (Phi) is 3.11. The van der Waals surface area contributed by atoms with E-state index in [2.05, 4.69) is 71.6 Å². The molecule has 90 valence electrons. The maximum atomic E-state index is 2.30. The van der Waals surface area contributed by atoms with E-state index in [1.165, 1.54) is 21.4 Å². The molecule has 0 spiro atoms. The van der Waals surface area contributed by atoms with Crippen LogP contribution in [0.4, 0.5) is 0 Å². The highest BCUT2D eigenvalue weighted by Crippen LogP contribution is 2.19. The summed E-state index contributed by atoms with van der Waals surface area (Å²) in [5, 5.41) is 1.30. The monoisotopic (exact) mass is 253 g/mol. The predicted octanol–water partition coefficient (Wildman–Crippen LogP) is 4.41. The molecule has 0 bridgehead atoms. The number of aromatic nitrogens is 1. The molecule has 18 heavy (non-hydrogen) atoms. The Balaban J connectivity index is 1.91. The number of hydrogen-bond donors (Lipinski definition) is 0. The van der Waals surface area contributed by atoms with Crippen LogP contribution in [0.25, 0.3) is 10.9 Å². The minimum Gasteiger partial charge on any atom is -0.343 e. The molecule has 1 nitrogen and oxygen atoms in total. The molecule has 1 heterocycles. The van der Waals surface area contributed by atoms with Crippen molar-refractivity contribution in [1.82, 2.24) is 4.57 Å². The third-order valence-corrected chi connectivity index (χ3v) is 3.94. The molecule has 3 aromatic rings. The third kappa shape index (κ3) is 2.16. The van der Waals surface area contributed by atoms with Crippen LogP contribution >= 0.6 is 11.8 Å². The van der Waals surface area contributed by atoms with E-state index in [0.29, 0.717) is 0 Å². The zero-order valence-corrected chi connectivity index (χ0v) is 11.2. The molecule has 0 unspecified atom stereocenters. The average molecular weight is 253 g/mol. The molecular weight excluding hydrogens is 238 g/mol. The highest BCUT2D eigenvalue weighted by Gasteiger charge is 2.01. The summed E-state index contributed by atoms with van der Waals surface area (Å²) >= 11 is 1.78. The van der Waals surface area contributed by atoms with Crippen LogP contribution in [0.3, 0.4) is 0 Å². The topological polar surface area (TPSA) is 4.93 Å². The summed E-state index contributed by atoms with van der Waals surface area (Å²) in [4.78, 5) is 1.32. The van der Waals surface area contributed by atoms with Gasteiger partial charge in [-0.05, 0) is 41.5 Å². The van der Waals surface area contributed by atoms with E-state index in [9.17, 15) is 0 Å². The quantitative estimate of drug-likeness (QED) is 0.626. The van der Waals surface area contributed by atoms with Crippen LogP contribution in [0.2, 0.25) is 0 Å². The lowest BCUT2D eigenvalue weighted by Crippen LogP contribution is -1.97. The third-order valence-electron chi connectivity index (χ3n) is 3.19. The average Bonchev–Trinajstić information content (AvgIpc) is 2.83. The Morgan fingerprint density at radius 2 is 1.72 bits per heavy atom. The number of benzene rings is 2. The normalized spacial score (nSPS) is 10.9. The number of thioether (sulfide) groups is 1. The number of hydrogen-bond acceptors (Lipinski definition) is 1. The maximum absolute atomic E-state index is 2.30. The van der Waals surface area contributed by atoms with Crippen LogP contribution in [0, 0.1) is 0 Å². The van der Waals surface area contributed by atoms with Gasteiger partial charge in [0, 0.05) is 23.2 Å². The first-order valence-electron chi connectivity index (χ1n) is 6.03. The molecule has 0 N–H and O–H groups in total. The summed E-state index contributed by atoms with van der Waals surface area (Å²) in [7, 11) is 0. The molecule has 1 aromatic heterocycles. The van der Waals surface area contributed by atoms with Crippen molar-refractivity contribution in [2.45, 2.75) is 11.4 Å². The summed E-state index contributed by atoms with van der Waals surface area (Å²) in [5.74, 6) is 0. The number of nitrogens with zero attached hydrogens (tertiary/aromatic N) is 1. The summed E-state index contributed by atoms with van der Waals surface area (Å²) in [6.07, 6.45) is 4.27. The van der Waals surface area contributed by atoms with Gasteiger partial charge in [-0.1, -0.05) is 30.3 Å². The number of rotatable bonds is 3. The molecular formula is C16H15NS. The van der Waals surface area contributed by atoms with Crippen molar-refractivity contribution in [3.8, 4) is 0 Å². The lowest BCUT2D eigenvalue weighted by molar-refractivity contribution is 0.836. The molecule has 3 rings (SSSR count). The first-order valence-corrected chi connectivity index (χ1v) is 7.26. The molecule has 0 aliphatic rings. The molecule has 0 saturated heterocycles. The van der Waals surface area contributed by atoms with E-state index in [-0.39, 0.29) is 0 Å². The van der Waals surface area contributed by atoms with Crippen molar-refractivity contribution >= 4 is 22.7 Å². The minimum absolute atomic E-state index is 0.933. The van der Waals surface area contributed by atoms with Crippen molar-refractivity contribution in [3.05, 3.63) is 66.4 Å². The lowest BCUT2D eigenvalue weighted by Gasteiger charge is -2.06. The van der Waals surface area contributed by atoms with Gasteiger partial charge in [-0.25, -0.2) is 0 Å². The zero-order chi connectivity index (χ0) is 12.4. The van der Waals surface area contributed by atoms with Crippen LogP contribution in [-0.2, 0) is 6.54 Å². The van der Waals surface area contributed by atoms with E-state index >= 15 is 0 Å².